The fourth-order valence-electron chi connectivity index (χ4n) is 2.75. The Kier molecular flexibility index (Phi) is 3.04. The molecule has 0 unspecified atom stereocenters. The Hall–Kier alpha value is -2.18. The molecule has 20 heavy (non-hydrogen) atoms. The number of carboxylic acids is 1. The SMILES string of the molecule is Cc1nnc2c(NCC3(CC(=O)O)CCC3)nccn12. The van der Waals surface area contributed by atoms with Crippen LogP contribution in [0.5, 0.6) is 0 Å². The highest BCUT2D eigenvalue weighted by atomic mass is 16.4. The molecule has 0 bridgehead atoms. The van der Waals surface area contributed by atoms with Gasteiger partial charge in [0.1, 0.15) is 5.82 Å². The summed E-state index contributed by atoms with van der Waals surface area (Å²) in [5.41, 5.74) is 0.532. The first kappa shape index (κ1) is 12.8. The number of nitrogens with one attached hydrogen (secondary N) is 1. The third-order valence-electron chi connectivity index (χ3n) is 4.07. The van der Waals surface area contributed by atoms with Crippen LogP contribution in [0, 0.1) is 12.3 Å². The van der Waals surface area contributed by atoms with E-state index < -0.39 is 5.97 Å². The van der Waals surface area contributed by atoms with Gasteiger partial charge in [-0.25, -0.2) is 4.98 Å². The maximum absolute atomic E-state index is 11.0. The van der Waals surface area contributed by atoms with Crippen LogP contribution < -0.4 is 5.32 Å². The van der Waals surface area contributed by atoms with Gasteiger partial charge in [-0.15, -0.1) is 10.2 Å². The van der Waals surface area contributed by atoms with E-state index in [9.17, 15) is 4.79 Å². The lowest BCUT2D eigenvalue weighted by Crippen LogP contribution is -2.38. The molecule has 7 nitrogen and oxygen atoms in total. The number of anilines is 1. The minimum absolute atomic E-state index is 0.143. The van der Waals surface area contributed by atoms with E-state index in [2.05, 4.69) is 20.5 Å². The molecule has 0 saturated heterocycles. The van der Waals surface area contributed by atoms with Gasteiger partial charge in [0.05, 0.1) is 6.42 Å². The summed E-state index contributed by atoms with van der Waals surface area (Å²) in [5, 5.41) is 20.4. The number of fused-ring (bicyclic) bond motifs is 1. The van der Waals surface area contributed by atoms with E-state index in [1.165, 1.54) is 0 Å². The molecule has 1 fully saturated rings. The molecule has 106 valence electrons. The van der Waals surface area contributed by atoms with Gasteiger partial charge in [-0.2, -0.15) is 0 Å². The highest BCUT2D eigenvalue weighted by molar-refractivity contribution is 5.68. The van der Waals surface area contributed by atoms with E-state index in [4.69, 9.17) is 5.11 Å². The minimum Gasteiger partial charge on any atom is -0.481 e. The Morgan fingerprint density at radius 2 is 2.30 bits per heavy atom. The highest BCUT2D eigenvalue weighted by Crippen LogP contribution is 2.44. The average molecular weight is 275 g/mol. The zero-order chi connectivity index (χ0) is 14.2. The van der Waals surface area contributed by atoms with Crippen molar-refractivity contribution in [3.05, 3.63) is 18.2 Å². The Morgan fingerprint density at radius 3 is 2.95 bits per heavy atom. The molecular weight excluding hydrogens is 258 g/mol. The van der Waals surface area contributed by atoms with Gasteiger partial charge in [-0.1, -0.05) is 6.42 Å². The number of carboxylic acid groups (broad SMARTS) is 1. The van der Waals surface area contributed by atoms with Crippen molar-refractivity contribution in [1.29, 1.82) is 0 Å². The normalized spacial score (nSPS) is 16.9. The van der Waals surface area contributed by atoms with E-state index in [1.54, 1.807) is 6.20 Å². The van der Waals surface area contributed by atoms with Crippen molar-refractivity contribution in [2.75, 3.05) is 11.9 Å². The van der Waals surface area contributed by atoms with Gasteiger partial charge in [0, 0.05) is 18.9 Å². The van der Waals surface area contributed by atoms with Gasteiger partial charge in [-0.05, 0) is 25.2 Å². The summed E-state index contributed by atoms with van der Waals surface area (Å²) in [4.78, 5) is 15.2. The number of hydrogen-bond acceptors (Lipinski definition) is 5. The smallest absolute Gasteiger partial charge is 0.303 e. The first-order valence-corrected chi connectivity index (χ1v) is 6.72. The number of aryl methyl sites for hydroxylation is 1. The summed E-state index contributed by atoms with van der Waals surface area (Å²) in [7, 11) is 0. The predicted octanol–water partition coefficient (Wildman–Crippen LogP) is 1.49. The molecule has 1 aliphatic rings. The minimum atomic E-state index is -0.740. The molecule has 2 aromatic heterocycles. The maximum Gasteiger partial charge on any atom is 0.303 e. The molecule has 7 heteroatoms. The largest absolute Gasteiger partial charge is 0.481 e. The van der Waals surface area contributed by atoms with E-state index in [0.717, 1.165) is 25.1 Å². The van der Waals surface area contributed by atoms with Gasteiger partial charge >= 0.3 is 5.97 Å². The van der Waals surface area contributed by atoms with Crippen molar-refractivity contribution in [3.8, 4) is 0 Å². The predicted molar refractivity (Wildman–Crippen MR) is 72.5 cm³/mol. The van der Waals surface area contributed by atoms with Crippen molar-refractivity contribution >= 4 is 17.4 Å². The van der Waals surface area contributed by atoms with Gasteiger partial charge in [0.2, 0.25) is 5.65 Å². The van der Waals surface area contributed by atoms with E-state index in [0.29, 0.717) is 18.0 Å². The Bertz CT molecular complexity index is 647. The summed E-state index contributed by atoms with van der Waals surface area (Å²) in [6.07, 6.45) is 6.69. The summed E-state index contributed by atoms with van der Waals surface area (Å²) in [6, 6.07) is 0. The first-order chi connectivity index (χ1) is 9.60. The van der Waals surface area contributed by atoms with Crippen LogP contribution in [0.3, 0.4) is 0 Å². The van der Waals surface area contributed by atoms with E-state index >= 15 is 0 Å². The molecule has 2 N–H and O–H groups in total. The summed E-state index contributed by atoms with van der Waals surface area (Å²) < 4.78 is 1.86. The third-order valence-corrected chi connectivity index (χ3v) is 4.07. The van der Waals surface area contributed by atoms with Gasteiger partial charge < -0.3 is 10.4 Å². The quantitative estimate of drug-likeness (QED) is 0.858. The summed E-state index contributed by atoms with van der Waals surface area (Å²) in [5.74, 6) is 0.718. The van der Waals surface area contributed by atoms with Crippen molar-refractivity contribution in [2.24, 2.45) is 5.41 Å². The van der Waals surface area contributed by atoms with Gasteiger partial charge in [0.25, 0.3) is 0 Å². The molecule has 2 aromatic rings. The molecule has 0 spiro atoms. The van der Waals surface area contributed by atoms with E-state index in [1.807, 2.05) is 17.5 Å². The molecule has 0 radical (unpaired) electrons. The zero-order valence-corrected chi connectivity index (χ0v) is 11.3. The topological polar surface area (TPSA) is 92.4 Å². The van der Waals surface area contributed by atoms with Crippen LogP contribution in [0.1, 0.15) is 31.5 Å². The highest BCUT2D eigenvalue weighted by Gasteiger charge is 2.39. The number of aromatic nitrogens is 4. The van der Waals surface area contributed by atoms with Crippen LogP contribution >= 0.6 is 0 Å². The molecule has 2 heterocycles. The van der Waals surface area contributed by atoms with Crippen molar-refractivity contribution < 1.29 is 9.90 Å². The fraction of sp³-hybridized carbons (Fsp3) is 0.538. The molecule has 0 amide bonds. The lowest BCUT2D eigenvalue weighted by molar-refractivity contribution is -0.141. The Labute approximate surface area is 116 Å². The molecule has 1 aliphatic carbocycles. The van der Waals surface area contributed by atoms with Crippen LogP contribution in [-0.2, 0) is 4.79 Å². The Balaban J connectivity index is 1.78. The van der Waals surface area contributed by atoms with Crippen LogP contribution in [-0.4, -0.2) is 37.2 Å². The zero-order valence-electron chi connectivity index (χ0n) is 11.3. The van der Waals surface area contributed by atoms with Crippen LogP contribution in [0.25, 0.3) is 5.65 Å². The number of nitrogens with zero attached hydrogens (tertiary/aromatic N) is 4. The second kappa shape index (κ2) is 4.73. The molecule has 0 aliphatic heterocycles. The molecule has 0 atom stereocenters. The standard InChI is InChI=1S/C13H17N5O2/c1-9-16-17-12-11(14-5-6-18(9)12)15-8-13(3-2-4-13)7-10(19)20/h5-6H,2-4,7-8H2,1H3,(H,14,15)(H,19,20). The number of aliphatic carboxylic acids is 1. The van der Waals surface area contributed by atoms with Crippen molar-refractivity contribution in [1.82, 2.24) is 19.6 Å². The average Bonchev–Trinajstić information content (AvgIpc) is 2.75. The monoisotopic (exact) mass is 275 g/mol. The summed E-state index contributed by atoms with van der Waals surface area (Å²) >= 11 is 0. The number of carbonyl (C=O) groups is 1. The first-order valence-electron chi connectivity index (χ1n) is 6.72. The van der Waals surface area contributed by atoms with E-state index in [-0.39, 0.29) is 11.8 Å². The van der Waals surface area contributed by atoms with Gasteiger partial charge in [0.15, 0.2) is 5.82 Å². The second-order valence-corrected chi connectivity index (χ2v) is 5.49. The fourth-order valence-corrected chi connectivity index (χ4v) is 2.75. The van der Waals surface area contributed by atoms with Crippen molar-refractivity contribution in [2.45, 2.75) is 32.6 Å². The Morgan fingerprint density at radius 1 is 1.50 bits per heavy atom. The molecule has 1 saturated carbocycles. The summed E-state index contributed by atoms with van der Waals surface area (Å²) in [6.45, 7) is 2.49. The van der Waals surface area contributed by atoms with Crippen molar-refractivity contribution in [3.63, 3.8) is 0 Å². The van der Waals surface area contributed by atoms with Crippen LogP contribution in [0.15, 0.2) is 12.4 Å². The molecule has 0 aromatic carbocycles. The molecule has 3 rings (SSSR count). The lowest BCUT2D eigenvalue weighted by Gasteiger charge is -2.40. The second-order valence-electron chi connectivity index (χ2n) is 5.49. The number of rotatable bonds is 5. The van der Waals surface area contributed by atoms with Crippen LogP contribution in [0.4, 0.5) is 5.82 Å². The molecular formula is C13H17N5O2. The van der Waals surface area contributed by atoms with Gasteiger partial charge in [-0.3, -0.25) is 9.20 Å². The number of hydrogen-bond donors (Lipinski definition) is 2. The maximum atomic E-state index is 11.0. The third kappa shape index (κ3) is 2.19. The lowest BCUT2D eigenvalue weighted by atomic mass is 9.66. The van der Waals surface area contributed by atoms with Crippen LogP contribution in [0.2, 0.25) is 0 Å².